The van der Waals surface area contributed by atoms with Gasteiger partial charge in [0, 0.05) is 6.42 Å². The van der Waals surface area contributed by atoms with Gasteiger partial charge in [-0.05, 0) is 70.6 Å². The quantitative estimate of drug-likeness (QED) is 0.0199. The topological polar surface area (TPSA) is 307 Å². The van der Waals surface area contributed by atoms with Gasteiger partial charge >= 0.3 is 0 Å². The molecule has 12 N–H and O–H groups in total. The minimum Gasteiger partial charge on any atom is -0.394 e. The van der Waals surface area contributed by atoms with Gasteiger partial charge in [0.1, 0.15) is 73.2 Å². The second kappa shape index (κ2) is 74.8. The maximum Gasteiger partial charge on any atom is 0.220 e. The highest BCUT2D eigenvalue weighted by Crippen LogP contribution is 2.34. The molecule has 1 amide bonds. The summed E-state index contributed by atoms with van der Waals surface area (Å²) in [4.78, 5) is 13.5. The van der Waals surface area contributed by atoms with Crippen LogP contribution in [0, 0.1) is 0 Å². The maximum absolute atomic E-state index is 13.5. The molecule has 0 aromatic rings. The van der Waals surface area contributed by atoms with Gasteiger partial charge in [-0.1, -0.05) is 394 Å². The van der Waals surface area contributed by atoms with E-state index >= 15 is 0 Å². The Kier molecular flexibility index (Phi) is 69.0. The molecule has 19 heteroatoms. The zero-order valence-corrected chi connectivity index (χ0v) is 72.5. The average molecular weight is 1630 g/mol. The molecule has 0 radical (unpaired) electrons. The fourth-order valence-corrected chi connectivity index (χ4v) is 15.7. The lowest BCUT2D eigenvalue weighted by Gasteiger charge is -2.48. The Labute approximate surface area is 699 Å². The third-order valence-corrected chi connectivity index (χ3v) is 23.2. The molecule has 0 aromatic heterocycles. The molecule has 670 valence electrons. The number of unbranched alkanes of at least 4 members (excludes halogenated alkanes) is 49. The lowest BCUT2D eigenvalue weighted by Crippen LogP contribution is -2.66. The van der Waals surface area contributed by atoms with Gasteiger partial charge in [0.2, 0.25) is 5.91 Å². The van der Waals surface area contributed by atoms with E-state index in [1.165, 1.54) is 276 Å². The van der Waals surface area contributed by atoms with Gasteiger partial charge < -0.3 is 89.9 Å². The van der Waals surface area contributed by atoms with Gasteiger partial charge in [-0.25, -0.2) is 0 Å². The van der Waals surface area contributed by atoms with Gasteiger partial charge in [-0.3, -0.25) is 4.79 Å². The minimum atomic E-state index is -1.98. The van der Waals surface area contributed by atoms with E-state index in [2.05, 4.69) is 92.1 Å². The number of ether oxygens (including phenoxy) is 6. The predicted molar refractivity (Wildman–Crippen MR) is 466 cm³/mol. The molecule has 3 aliphatic heterocycles. The molecule has 0 aromatic carbocycles. The Morgan fingerprint density at radius 3 is 0.939 bits per heavy atom. The molecule has 0 aliphatic carbocycles. The van der Waals surface area contributed by atoms with Crippen molar-refractivity contribution in [1.29, 1.82) is 0 Å². The molecule has 0 spiro atoms. The lowest BCUT2D eigenvalue weighted by molar-refractivity contribution is -0.379. The van der Waals surface area contributed by atoms with Gasteiger partial charge in [0.25, 0.3) is 0 Å². The van der Waals surface area contributed by atoms with Crippen molar-refractivity contribution in [3.05, 3.63) is 85.1 Å². The molecule has 17 unspecified atom stereocenters. The van der Waals surface area contributed by atoms with Crippen LogP contribution in [0.15, 0.2) is 85.1 Å². The highest BCUT2D eigenvalue weighted by atomic mass is 16.8. The van der Waals surface area contributed by atoms with Crippen molar-refractivity contribution in [2.45, 2.75) is 491 Å². The van der Waals surface area contributed by atoms with Crippen molar-refractivity contribution in [3.63, 3.8) is 0 Å². The smallest absolute Gasteiger partial charge is 0.220 e. The standard InChI is InChI=1S/C96H173NO18/c1-3-5-7-9-11-13-15-17-19-21-23-25-27-29-31-33-35-36-37-38-39-40-41-42-44-46-48-50-52-54-56-58-60-62-64-66-68-70-72-74-84(102)97-79(80(101)73-71-69-67-65-63-61-59-57-55-53-51-49-47-45-43-34-32-30-28-26-24-22-20-18-16-14-12-10-8-6-4-2)78-110-94-90(108)87(105)92(82(76-99)112-94)115-96-91(109)88(106)93(83(77-100)113-96)114-95-89(107)86(104)85(103)81(75-98)111-95/h5,7,11,13,17,19,23,25,29,31,35-36,71,73,79-83,85-96,98-101,103-109H,3-4,6,8-10,12,14-16,18,20-22,24,26-28,30,32-34,37-70,72,74-78H2,1-2H3,(H,97,102)/b7-5-,13-11-,19-17-,25-23-,31-29-,36-35-,73-71+. The number of nitrogens with one attached hydrogen (secondary N) is 1. The van der Waals surface area contributed by atoms with E-state index in [1.807, 2.05) is 6.08 Å². The van der Waals surface area contributed by atoms with E-state index in [9.17, 15) is 61.0 Å². The fourth-order valence-electron chi connectivity index (χ4n) is 15.7. The zero-order valence-electron chi connectivity index (χ0n) is 72.5. The molecular formula is C96H173NO18. The van der Waals surface area contributed by atoms with Crippen molar-refractivity contribution >= 4 is 5.91 Å². The lowest BCUT2D eigenvalue weighted by atomic mass is 9.96. The highest BCUT2D eigenvalue weighted by Gasteiger charge is 2.54. The van der Waals surface area contributed by atoms with E-state index in [1.54, 1.807) is 6.08 Å². The third kappa shape index (κ3) is 52.8. The summed E-state index contributed by atoms with van der Waals surface area (Å²) in [6.07, 6.45) is 76.0. The summed E-state index contributed by atoms with van der Waals surface area (Å²) in [5.41, 5.74) is 0. The molecule has 3 fully saturated rings. The SMILES string of the molecule is CC/C=C\C/C=C\C/C=C\C/C=C\C/C=C\C/C=C\CCCCCCCCCCCCCCCCCCCCCCC(=O)NC(COC1OC(CO)C(OC2OC(CO)C(OC3OC(CO)C(O)C(O)C3O)C(O)C2O)C(O)C1O)C(O)/C=C/CCCCCCCCCCCCCCCCCCCCCCCCCCCCCCC. The van der Waals surface area contributed by atoms with Crippen LogP contribution in [0.25, 0.3) is 0 Å². The van der Waals surface area contributed by atoms with E-state index in [4.69, 9.17) is 28.4 Å². The molecule has 3 heterocycles. The third-order valence-electron chi connectivity index (χ3n) is 23.2. The number of carbonyl (C=O) groups excluding carboxylic acids is 1. The predicted octanol–water partition coefficient (Wildman–Crippen LogP) is 18.9. The first-order valence-corrected chi connectivity index (χ1v) is 47.3. The number of amides is 1. The van der Waals surface area contributed by atoms with Crippen LogP contribution in [0.4, 0.5) is 0 Å². The van der Waals surface area contributed by atoms with Crippen LogP contribution in [0.3, 0.4) is 0 Å². The zero-order chi connectivity index (χ0) is 83.1. The van der Waals surface area contributed by atoms with Crippen molar-refractivity contribution in [2.24, 2.45) is 0 Å². The largest absolute Gasteiger partial charge is 0.394 e. The van der Waals surface area contributed by atoms with Crippen molar-refractivity contribution < 1.29 is 89.4 Å². The molecule has 0 saturated carbocycles. The van der Waals surface area contributed by atoms with Gasteiger partial charge in [0.05, 0.1) is 38.6 Å². The Hall–Kier alpha value is -3.03. The number of hydrogen-bond acceptors (Lipinski definition) is 18. The van der Waals surface area contributed by atoms with Crippen LogP contribution in [-0.2, 0) is 33.2 Å². The van der Waals surface area contributed by atoms with Gasteiger partial charge in [-0.15, -0.1) is 0 Å². The van der Waals surface area contributed by atoms with Gasteiger partial charge in [-0.2, -0.15) is 0 Å². The van der Waals surface area contributed by atoms with Crippen LogP contribution in [0.2, 0.25) is 0 Å². The van der Waals surface area contributed by atoms with Crippen LogP contribution < -0.4 is 5.32 Å². The number of carbonyl (C=O) groups is 1. The summed E-state index contributed by atoms with van der Waals surface area (Å²) in [5.74, 6) is -0.270. The summed E-state index contributed by atoms with van der Waals surface area (Å²) in [5, 5.41) is 121. The van der Waals surface area contributed by atoms with Gasteiger partial charge in [0.15, 0.2) is 18.9 Å². The summed E-state index contributed by atoms with van der Waals surface area (Å²) in [7, 11) is 0. The summed E-state index contributed by atoms with van der Waals surface area (Å²) in [6, 6.07) is -0.978. The number of aliphatic hydroxyl groups is 11. The normalized spacial score (nSPS) is 25.0. The Balaban J connectivity index is 1.30. The van der Waals surface area contributed by atoms with E-state index in [0.29, 0.717) is 6.42 Å². The van der Waals surface area contributed by atoms with E-state index in [-0.39, 0.29) is 18.9 Å². The molecule has 0 bridgehead atoms. The Morgan fingerprint density at radius 2 is 0.600 bits per heavy atom. The minimum absolute atomic E-state index is 0.244. The molecular weight excluding hydrogens is 1460 g/mol. The molecule has 3 rings (SSSR count). The number of rotatable bonds is 77. The van der Waals surface area contributed by atoms with Crippen molar-refractivity contribution in [2.75, 3.05) is 26.4 Å². The average Bonchev–Trinajstić information content (AvgIpc) is 0.779. The van der Waals surface area contributed by atoms with Crippen LogP contribution in [0.1, 0.15) is 386 Å². The second-order valence-corrected chi connectivity index (χ2v) is 33.5. The first-order valence-electron chi connectivity index (χ1n) is 47.3. The maximum atomic E-state index is 13.5. The summed E-state index contributed by atoms with van der Waals surface area (Å²) in [6.45, 7) is 1.68. The van der Waals surface area contributed by atoms with E-state index < -0.39 is 124 Å². The fraction of sp³-hybridized carbons (Fsp3) is 0.844. The van der Waals surface area contributed by atoms with Crippen LogP contribution in [0.5, 0.6) is 0 Å². The summed E-state index contributed by atoms with van der Waals surface area (Å²) >= 11 is 0. The Bertz CT molecular complexity index is 2400. The number of hydrogen-bond donors (Lipinski definition) is 12. The van der Waals surface area contributed by atoms with Crippen molar-refractivity contribution in [1.82, 2.24) is 5.32 Å². The molecule has 3 aliphatic rings. The molecule has 115 heavy (non-hydrogen) atoms. The van der Waals surface area contributed by atoms with Crippen LogP contribution in [-0.4, -0.2) is 193 Å². The first kappa shape index (κ1) is 106. The Morgan fingerprint density at radius 1 is 0.322 bits per heavy atom. The number of aliphatic hydroxyl groups excluding tert-OH is 11. The molecule has 3 saturated heterocycles. The number of allylic oxidation sites excluding steroid dienone is 13. The highest BCUT2D eigenvalue weighted by molar-refractivity contribution is 5.76. The molecule has 19 nitrogen and oxygen atoms in total. The monoisotopic (exact) mass is 1630 g/mol. The van der Waals surface area contributed by atoms with Crippen LogP contribution >= 0.6 is 0 Å². The molecule has 17 atom stereocenters. The first-order chi connectivity index (χ1) is 56.3. The summed E-state index contributed by atoms with van der Waals surface area (Å²) < 4.78 is 34.6. The second-order valence-electron chi connectivity index (χ2n) is 33.5. The van der Waals surface area contributed by atoms with E-state index in [0.717, 1.165) is 83.5 Å². The van der Waals surface area contributed by atoms with Crippen molar-refractivity contribution in [3.8, 4) is 0 Å².